The van der Waals surface area contributed by atoms with Crippen molar-refractivity contribution >= 4 is 34.2 Å². The smallest absolute Gasteiger partial charge is 0.341 e. The van der Waals surface area contributed by atoms with Crippen molar-refractivity contribution in [3.8, 4) is 0 Å². The van der Waals surface area contributed by atoms with Crippen molar-refractivity contribution in [2.24, 2.45) is 11.8 Å². The van der Waals surface area contributed by atoms with E-state index in [-0.39, 0.29) is 12.5 Å². The van der Waals surface area contributed by atoms with E-state index < -0.39 is 23.8 Å². The minimum absolute atomic E-state index is 0.278. The summed E-state index contributed by atoms with van der Waals surface area (Å²) in [5.74, 6) is -2.79. The van der Waals surface area contributed by atoms with Gasteiger partial charge in [0.05, 0.1) is 24.0 Å². The third-order valence-electron chi connectivity index (χ3n) is 6.06. The first-order valence-electron chi connectivity index (χ1n) is 10.9. The second-order valence-electron chi connectivity index (χ2n) is 8.02. The maximum atomic E-state index is 13.0. The zero-order valence-electron chi connectivity index (χ0n) is 17.1. The number of carboxylic acids is 1. The van der Waals surface area contributed by atoms with Crippen LogP contribution in [0.5, 0.6) is 0 Å². The summed E-state index contributed by atoms with van der Waals surface area (Å²) in [6.07, 6.45) is 10.1. The molecule has 1 aromatic heterocycles. The summed E-state index contributed by atoms with van der Waals surface area (Å²) in [5, 5.41) is 13.0. The molecule has 2 atom stereocenters. The van der Waals surface area contributed by atoms with Crippen LogP contribution < -0.4 is 5.32 Å². The van der Waals surface area contributed by atoms with Crippen molar-refractivity contribution in [2.45, 2.75) is 77.6 Å². The number of anilines is 1. The molecule has 0 radical (unpaired) electrons. The Morgan fingerprint density at radius 1 is 1.00 bits per heavy atom. The SMILES string of the molecule is CCOC(=O)c1c(NC(=O)C2CCCCC2C(=O)O)sc2c1CCCCCCC2. The van der Waals surface area contributed by atoms with Crippen molar-refractivity contribution in [3.05, 3.63) is 16.0 Å². The second-order valence-corrected chi connectivity index (χ2v) is 9.13. The van der Waals surface area contributed by atoms with Crippen molar-refractivity contribution in [1.29, 1.82) is 0 Å². The number of carboxylic acid groups (broad SMARTS) is 1. The van der Waals surface area contributed by atoms with E-state index in [4.69, 9.17) is 4.74 Å². The number of hydrogen-bond donors (Lipinski definition) is 2. The zero-order valence-corrected chi connectivity index (χ0v) is 17.9. The van der Waals surface area contributed by atoms with Crippen LogP contribution in [0.15, 0.2) is 0 Å². The van der Waals surface area contributed by atoms with Crippen LogP contribution >= 0.6 is 11.3 Å². The number of fused-ring (bicyclic) bond motifs is 1. The van der Waals surface area contributed by atoms with Gasteiger partial charge in [-0.3, -0.25) is 9.59 Å². The number of thiophene rings is 1. The highest BCUT2D eigenvalue weighted by Crippen LogP contribution is 2.39. The van der Waals surface area contributed by atoms with Crippen LogP contribution in [0.4, 0.5) is 5.00 Å². The lowest BCUT2D eigenvalue weighted by atomic mass is 9.79. The van der Waals surface area contributed by atoms with Crippen molar-refractivity contribution in [2.75, 3.05) is 11.9 Å². The standard InChI is InChI=1S/C22H31NO5S/c1-2-28-22(27)18-16-12-6-4-3-5-7-13-17(16)29-20(18)23-19(24)14-10-8-9-11-15(14)21(25)26/h14-15H,2-13H2,1H3,(H,23,24)(H,25,26). The number of aryl methyl sites for hydroxylation is 1. The minimum Gasteiger partial charge on any atom is -0.481 e. The second kappa shape index (κ2) is 10.2. The first kappa shape index (κ1) is 21.8. The molecule has 0 bridgehead atoms. The van der Waals surface area contributed by atoms with Crippen molar-refractivity contribution in [1.82, 2.24) is 0 Å². The summed E-state index contributed by atoms with van der Waals surface area (Å²) in [5.41, 5.74) is 1.51. The molecule has 1 fully saturated rings. The Hall–Kier alpha value is -1.89. The average Bonchev–Trinajstić information content (AvgIpc) is 3.08. The largest absolute Gasteiger partial charge is 0.481 e. The topological polar surface area (TPSA) is 92.7 Å². The van der Waals surface area contributed by atoms with Gasteiger partial charge in [0.2, 0.25) is 5.91 Å². The molecule has 0 saturated heterocycles. The lowest BCUT2D eigenvalue weighted by Gasteiger charge is -2.27. The van der Waals surface area contributed by atoms with Crippen LogP contribution in [0.1, 0.15) is 85.5 Å². The summed E-state index contributed by atoms with van der Waals surface area (Å²) < 4.78 is 5.31. The molecule has 0 aliphatic heterocycles. The highest BCUT2D eigenvalue weighted by atomic mass is 32.1. The number of hydrogen-bond acceptors (Lipinski definition) is 5. The van der Waals surface area contributed by atoms with Gasteiger partial charge in [0.1, 0.15) is 5.00 Å². The number of esters is 1. The molecule has 1 amide bonds. The van der Waals surface area contributed by atoms with E-state index in [0.717, 1.165) is 55.4 Å². The van der Waals surface area contributed by atoms with Crippen molar-refractivity contribution < 1.29 is 24.2 Å². The van der Waals surface area contributed by atoms with Crippen LogP contribution in [-0.2, 0) is 27.2 Å². The van der Waals surface area contributed by atoms with Crippen LogP contribution in [0, 0.1) is 11.8 Å². The Balaban J connectivity index is 1.89. The number of aliphatic carboxylic acids is 1. The summed E-state index contributed by atoms with van der Waals surface area (Å²) >= 11 is 1.47. The van der Waals surface area contributed by atoms with Gasteiger partial charge >= 0.3 is 11.9 Å². The maximum absolute atomic E-state index is 13.0. The number of carbonyl (C=O) groups is 3. The molecule has 1 saturated carbocycles. The van der Waals surface area contributed by atoms with Gasteiger partial charge in [-0.15, -0.1) is 11.3 Å². The molecule has 0 spiro atoms. The molecular weight excluding hydrogens is 390 g/mol. The summed E-state index contributed by atoms with van der Waals surface area (Å²) in [4.78, 5) is 38.5. The van der Waals surface area contributed by atoms with Gasteiger partial charge in [0.15, 0.2) is 0 Å². The van der Waals surface area contributed by atoms with Crippen LogP contribution in [-0.4, -0.2) is 29.6 Å². The molecule has 29 heavy (non-hydrogen) atoms. The van der Waals surface area contributed by atoms with Gasteiger partial charge in [0.25, 0.3) is 0 Å². The molecule has 1 heterocycles. The predicted molar refractivity (Wildman–Crippen MR) is 112 cm³/mol. The number of rotatable bonds is 5. The summed E-state index contributed by atoms with van der Waals surface area (Å²) in [6.45, 7) is 2.05. The zero-order chi connectivity index (χ0) is 20.8. The van der Waals surface area contributed by atoms with Crippen LogP contribution in [0.3, 0.4) is 0 Å². The van der Waals surface area contributed by atoms with E-state index in [9.17, 15) is 19.5 Å². The quantitative estimate of drug-likeness (QED) is 0.666. The lowest BCUT2D eigenvalue weighted by Crippen LogP contribution is -2.36. The van der Waals surface area contributed by atoms with E-state index in [2.05, 4.69) is 5.32 Å². The Bertz CT molecular complexity index is 757. The molecule has 1 aromatic rings. The summed E-state index contributed by atoms with van der Waals surface area (Å²) in [6, 6.07) is 0. The van der Waals surface area contributed by atoms with E-state index in [0.29, 0.717) is 23.4 Å². The number of nitrogens with one attached hydrogen (secondary N) is 1. The minimum atomic E-state index is -0.912. The molecule has 160 valence electrons. The average molecular weight is 422 g/mol. The normalized spacial score (nSPS) is 22.5. The fraction of sp³-hybridized carbons (Fsp3) is 0.682. The van der Waals surface area contributed by atoms with Gasteiger partial charge in [-0.05, 0) is 51.0 Å². The monoisotopic (exact) mass is 421 g/mol. The fourth-order valence-corrected chi connectivity index (χ4v) is 5.83. The lowest BCUT2D eigenvalue weighted by molar-refractivity contribution is -0.147. The van der Waals surface area contributed by atoms with E-state index in [1.54, 1.807) is 6.92 Å². The predicted octanol–water partition coefficient (Wildman–Crippen LogP) is 4.80. The maximum Gasteiger partial charge on any atom is 0.341 e. The van der Waals surface area contributed by atoms with E-state index >= 15 is 0 Å². The van der Waals surface area contributed by atoms with Gasteiger partial charge in [-0.25, -0.2) is 4.79 Å². The molecule has 2 unspecified atom stereocenters. The Kier molecular flexibility index (Phi) is 7.70. The van der Waals surface area contributed by atoms with Gasteiger partial charge in [-0.2, -0.15) is 0 Å². The van der Waals surface area contributed by atoms with Crippen molar-refractivity contribution in [3.63, 3.8) is 0 Å². The molecule has 0 aromatic carbocycles. The molecule has 2 N–H and O–H groups in total. The number of carbonyl (C=O) groups excluding carboxylic acids is 2. The van der Waals surface area contributed by atoms with E-state index in [1.165, 1.54) is 24.2 Å². The van der Waals surface area contributed by atoms with Gasteiger partial charge < -0.3 is 15.2 Å². The highest BCUT2D eigenvalue weighted by Gasteiger charge is 2.37. The third kappa shape index (κ3) is 5.18. The van der Waals surface area contributed by atoms with Crippen LogP contribution in [0.25, 0.3) is 0 Å². The Labute approximate surface area is 176 Å². The molecule has 2 aliphatic carbocycles. The Morgan fingerprint density at radius 2 is 1.66 bits per heavy atom. The third-order valence-corrected chi connectivity index (χ3v) is 7.26. The van der Waals surface area contributed by atoms with Gasteiger partial charge in [0, 0.05) is 4.88 Å². The first-order valence-corrected chi connectivity index (χ1v) is 11.7. The van der Waals surface area contributed by atoms with Gasteiger partial charge in [-0.1, -0.05) is 32.1 Å². The van der Waals surface area contributed by atoms with Crippen LogP contribution in [0.2, 0.25) is 0 Å². The fourth-order valence-electron chi connectivity index (χ4n) is 4.55. The molecule has 3 rings (SSSR count). The Morgan fingerprint density at radius 3 is 2.34 bits per heavy atom. The summed E-state index contributed by atoms with van der Waals surface area (Å²) in [7, 11) is 0. The molecule has 7 heteroatoms. The molecule has 6 nitrogen and oxygen atoms in total. The number of ether oxygens (including phenoxy) is 1. The number of amides is 1. The first-order chi connectivity index (χ1) is 14.0. The highest BCUT2D eigenvalue weighted by molar-refractivity contribution is 7.17. The molecule has 2 aliphatic rings. The molecular formula is C22H31NO5S. The van der Waals surface area contributed by atoms with E-state index in [1.807, 2.05) is 0 Å².